The molecule has 0 aliphatic heterocycles. The molecule has 2 rings (SSSR count). The molecule has 0 aliphatic rings. The van der Waals surface area contributed by atoms with Gasteiger partial charge in [-0.05, 0) is 60.9 Å². The van der Waals surface area contributed by atoms with Gasteiger partial charge in [-0.25, -0.2) is 4.79 Å². The normalized spacial score (nSPS) is 10.7. The summed E-state index contributed by atoms with van der Waals surface area (Å²) in [6.07, 6.45) is 4.07. The van der Waals surface area contributed by atoms with Crippen molar-refractivity contribution in [2.24, 2.45) is 0 Å². The maximum atomic E-state index is 11.8. The highest BCUT2D eigenvalue weighted by Gasteiger charge is 2.03. The topological polar surface area (TPSA) is 35.5 Å². The zero-order valence-electron chi connectivity index (χ0n) is 13.2. The van der Waals surface area contributed by atoms with E-state index in [1.54, 1.807) is 24.3 Å². The van der Waals surface area contributed by atoms with E-state index in [0.717, 1.165) is 23.3 Å². The third kappa shape index (κ3) is 5.46. The molecule has 0 amide bonds. The Bertz CT molecular complexity index is 690. The van der Waals surface area contributed by atoms with Crippen LogP contribution in [0.15, 0.2) is 48.5 Å². The number of ether oxygens (including phenoxy) is 2. The van der Waals surface area contributed by atoms with Crippen LogP contribution in [-0.2, 0) is 4.79 Å². The molecule has 0 aliphatic carbocycles. The average Bonchev–Trinajstić information content (AvgIpc) is 2.55. The fraction of sp³-hybridized carbons (Fsp3) is 0.211. The van der Waals surface area contributed by atoms with E-state index in [1.807, 2.05) is 31.2 Å². The number of rotatable bonds is 6. The molecule has 0 N–H and O–H groups in total. The largest absolute Gasteiger partial charge is 0.494 e. The van der Waals surface area contributed by atoms with E-state index in [0.29, 0.717) is 17.4 Å². The minimum absolute atomic E-state index is 0.432. The number of hydrogen-bond acceptors (Lipinski definition) is 3. The summed E-state index contributed by atoms with van der Waals surface area (Å²) in [5.74, 6) is 0.867. The molecule has 0 atom stereocenters. The summed E-state index contributed by atoms with van der Waals surface area (Å²) < 4.78 is 10.7. The van der Waals surface area contributed by atoms with Crippen LogP contribution in [0.5, 0.6) is 11.5 Å². The third-order valence-corrected chi connectivity index (χ3v) is 3.54. The van der Waals surface area contributed by atoms with Crippen molar-refractivity contribution in [2.75, 3.05) is 6.61 Å². The molecule has 2 aromatic rings. The van der Waals surface area contributed by atoms with Gasteiger partial charge in [0.15, 0.2) is 0 Å². The van der Waals surface area contributed by atoms with Crippen molar-refractivity contribution in [3.05, 3.63) is 64.7 Å². The van der Waals surface area contributed by atoms with Gasteiger partial charge in [0, 0.05) is 11.1 Å². The van der Waals surface area contributed by atoms with E-state index < -0.39 is 5.97 Å². The fourth-order valence-corrected chi connectivity index (χ4v) is 2.01. The molecule has 0 unspecified atom stereocenters. The van der Waals surface area contributed by atoms with Gasteiger partial charge < -0.3 is 9.47 Å². The van der Waals surface area contributed by atoms with Crippen LogP contribution in [-0.4, -0.2) is 12.6 Å². The van der Waals surface area contributed by atoms with Crippen LogP contribution in [0, 0.1) is 6.92 Å². The number of aryl methyl sites for hydroxylation is 1. The van der Waals surface area contributed by atoms with Gasteiger partial charge in [0.05, 0.1) is 6.61 Å². The zero-order chi connectivity index (χ0) is 16.7. The molecule has 23 heavy (non-hydrogen) atoms. The SMILES string of the molecule is CCCOc1ccc(/C=C/C(=O)Oc2ccc(Cl)c(C)c2)cc1. The number of benzene rings is 2. The summed E-state index contributed by atoms with van der Waals surface area (Å²) in [4.78, 5) is 11.8. The van der Waals surface area contributed by atoms with Crippen LogP contribution in [0.2, 0.25) is 5.02 Å². The molecular weight excluding hydrogens is 312 g/mol. The standard InChI is InChI=1S/C19H19ClO3/c1-3-12-22-16-7-4-15(5-8-16)6-11-19(21)23-17-9-10-18(20)14(2)13-17/h4-11,13H,3,12H2,1-2H3/b11-6+. The summed E-state index contributed by atoms with van der Waals surface area (Å²) >= 11 is 5.94. The maximum absolute atomic E-state index is 11.8. The van der Waals surface area contributed by atoms with Crippen molar-refractivity contribution in [2.45, 2.75) is 20.3 Å². The number of halogens is 1. The van der Waals surface area contributed by atoms with E-state index in [4.69, 9.17) is 21.1 Å². The summed E-state index contributed by atoms with van der Waals surface area (Å²) in [6.45, 7) is 4.62. The lowest BCUT2D eigenvalue weighted by atomic mass is 10.2. The molecule has 3 nitrogen and oxygen atoms in total. The Hall–Kier alpha value is -2.26. The molecule has 0 saturated heterocycles. The molecule has 2 aromatic carbocycles. The number of esters is 1. The van der Waals surface area contributed by atoms with Gasteiger partial charge in [-0.3, -0.25) is 0 Å². The first-order valence-corrected chi connectivity index (χ1v) is 7.85. The number of carbonyl (C=O) groups is 1. The smallest absolute Gasteiger partial charge is 0.336 e. The Morgan fingerprint density at radius 3 is 2.48 bits per heavy atom. The third-order valence-electron chi connectivity index (χ3n) is 3.11. The molecule has 0 saturated carbocycles. The van der Waals surface area contributed by atoms with Crippen LogP contribution < -0.4 is 9.47 Å². The highest BCUT2D eigenvalue weighted by molar-refractivity contribution is 6.31. The molecule has 0 aromatic heterocycles. The van der Waals surface area contributed by atoms with Gasteiger partial charge in [0.2, 0.25) is 0 Å². The van der Waals surface area contributed by atoms with E-state index in [9.17, 15) is 4.79 Å². The zero-order valence-corrected chi connectivity index (χ0v) is 14.0. The van der Waals surface area contributed by atoms with Crippen molar-refractivity contribution in [1.29, 1.82) is 0 Å². The van der Waals surface area contributed by atoms with E-state index in [-0.39, 0.29) is 0 Å². The van der Waals surface area contributed by atoms with E-state index >= 15 is 0 Å². The van der Waals surface area contributed by atoms with Gasteiger partial charge >= 0.3 is 5.97 Å². The second-order valence-electron chi connectivity index (χ2n) is 5.08. The molecule has 0 heterocycles. The predicted molar refractivity (Wildman–Crippen MR) is 93.1 cm³/mol. The van der Waals surface area contributed by atoms with Gasteiger partial charge in [-0.2, -0.15) is 0 Å². The van der Waals surface area contributed by atoms with Gasteiger partial charge in [0.1, 0.15) is 11.5 Å². The average molecular weight is 331 g/mol. The second-order valence-corrected chi connectivity index (χ2v) is 5.49. The Morgan fingerprint density at radius 1 is 1.13 bits per heavy atom. The minimum Gasteiger partial charge on any atom is -0.494 e. The summed E-state index contributed by atoms with van der Waals surface area (Å²) in [6, 6.07) is 12.6. The van der Waals surface area contributed by atoms with Crippen LogP contribution in [0.25, 0.3) is 6.08 Å². The van der Waals surface area contributed by atoms with Crippen LogP contribution in [0.3, 0.4) is 0 Å². The summed E-state index contributed by atoms with van der Waals surface area (Å²) in [5.41, 5.74) is 1.77. The monoisotopic (exact) mass is 330 g/mol. The molecule has 0 fully saturated rings. The van der Waals surface area contributed by atoms with Gasteiger partial charge in [-0.15, -0.1) is 0 Å². The first-order chi connectivity index (χ1) is 11.1. The number of carbonyl (C=O) groups excluding carboxylic acids is 1. The Morgan fingerprint density at radius 2 is 1.83 bits per heavy atom. The molecule has 0 bridgehead atoms. The predicted octanol–water partition coefficient (Wildman–Crippen LogP) is 5.06. The first-order valence-electron chi connectivity index (χ1n) is 7.47. The Kier molecular flexibility index (Phi) is 6.24. The summed E-state index contributed by atoms with van der Waals surface area (Å²) in [7, 11) is 0. The summed E-state index contributed by atoms with van der Waals surface area (Å²) in [5, 5.41) is 0.644. The Balaban J connectivity index is 1.93. The van der Waals surface area contributed by atoms with Gasteiger partial charge in [0.25, 0.3) is 0 Å². The highest BCUT2D eigenvalue weighted by Crippen LogP contribution is 2.21. The number of hydrogen-bond donors (Lipinski definition) is 0. The van der Waals surface area contributed by atoms with Crippen molar-refractivity contribution >= 4 is 23.6 Å². The highest BCUT2D eigenvalue weighted by atomic mass is 35.5. The lowest BCUT2D eigenvalue weighted by Crippen LogP contribution is -2.03. The molecule has 0 radical (unpaired) electrons. The second kappa shape index (κ2) is 8.39. The van der Waals surface area contributed by atoms with E-state index in [1.165, 1.54) is 6.08 Å². The van der Waals surface area contributed by atoms with Crippen molar-refractivity contribution in [1.82, 2.24) is 0 Å². The fourth-order valence-electron chi connectivity index (χ4n) is 1.89. The molecular formula is C19H19ClO3. The molecule has 120 valence electrons. The lowest BCUT2D eigenvalue weighted by molar-refractivity contribution is -0.128. The van der Waals surface area contributed by atoms with Crippen LogP contribution in [0.1, 0.15) is 24.5 Å². The molecule has 4 heteroatoms. The lowest BCUT2D eigenvalue weighted by Gasteiger charge is -2.04. The van der Waals surface area contributed by atoms with Crippen LogP contribution in [0.4, 0.5) is 0 Å². The molecule has 0 spiro atoms. The van der Waals surface area contributed by atoms with Crippen LogP contribution >= 0.6 is 11.6 Å². The van der Waals surface area contributed by atoms with Crippen molar-refractivity contribution in [3.8, 4) is 11.5 Å². The first kappa shape index (κ1) is 17.1. The van der Waals surface area contributed by atoms with Crippen molar-refractivity contribution < 1.29 is 14.3 Å². The van der Waals surface area contributed by atoms with Gasteiger partial charge in [-0.1, -0.05) is 30.7 Å². The quantitative estimate of drug-likeness (QED) is 0.422. The van der Waals surface area contributed by atoms with E-state index in [2.05, 4.69) is 6.92 Å². The minimum atomic E-state index is -0.432. The Labute approximate surface area is 141 Å². The maximum Gasteiger partial charge on any atom is 0.336 e. The van der Waals surface area contributed by atoms with Crippen molar-refractivity contribution in [3.63, 3.8) is 0 Å².